The van der Waals surface area contributed by atoms with E-state index in [1.54, 1.807) is 36.4 Å². The van der Waals surface area contributed by atoms with Crippen molar-refractivity contribution in [3.05, 3.63) is 64.3 Å². The number of thiocarbonyl (C=S) groups is 1. The zero-order valence-corrected chi connectivity index (χ0v) is 19.5. The van der Waals surface area contributed by atoms with Crippen molar-refractivity contribution in [3.63, 3.8) is 0 Å². The van der Waals surface area contributed by atoms with Gasteiger partial charge in [-0.25, -0.2) is 4.98 Å². The summed E-state index contributed by atoms with van der Waals surface area (Å²) < 4.78 is 6.47. The van der Waals surface area contributed by atoms with Crippen molar-refractivity contribution in [1.29, 1.82) is 0 Å². The van der Waals surface area contributed by atoms with E-state index in [1.807, 2.05) is 6.07 Å². The molecule has 2 aromatic carbocycles. The minimum Gasteiger partial charge on any atom is -0.451 e. The molecule has 0 saturated carbocycles. The Morgan fingerprint density at radius 2 is 1.91 bits per heavy atom. The van der Waals surface area contributed by atoms with Gasteiger partial charge in [0.15, 0.2) is 16.0 Å². The highest BCUT2D eigenvalue weighted by atomic mass is 35.5. The molecule has 32 heavy (non-hydrogen) atoms. The van der Waals surface area contributed by atoms with Crippen LogP contribution in [0, 0.1) is 0 Å². The molecule has 0 saturated heterocycles. The second-order valence-corrected chi connectivity index (χ2v) is 8.78. The molecule has 7 nitrogen and oxygen atoms in total. The number of furan rings is 1. The first-order valence-corrected chi connectivity index (χ1v) is 11.1. The van der Waals surface area contributed by atoms with Crippen LogP contribution in [0.25, 0.3) is 21.5 Å². The molecule has 0 aliphatic carbocycles. The molecule has 162 valence electrons. The van der Waals surface area contributed by atoms with Gasteiger partial charge in [0.2, 0.25) is 5.91 Å². The van der Waals surface area contributed by atoms with Gasteiger partial charge in [-0.05, 0) is 54.7 Å². The van der Waals surface area contributed by atoms with Crippen LogP contribution >= 0.6 is 46.8 Å². The lowest BCUT2D eigenvalue weighted by molar-refractivity contribution is -0.114. The molecule has 0 atom stereocenters. The van der Waals surface area contributed by atoms with Crippen LogP contribution in [-0.2, 0) is 4.79 Å². The van der Waals surface area contributed by atoms with Gasteiger partial charge < -0.3 is 15.1 Å². The van der Waals surface area contributed by atoms with Crippen LogP contribution in [-0.4, -0.2) is 21.9 Å². The third-order valence-corrected chi connectivity index (χ3v) is 6.16. The van der Waals surface area contributed by atoms with Crippen LogP contribution in [0.15, 0.2) is 52.9 Å². The summed E-state index contributed by atoms with van der Waals surface area (Å²) in [6.07, 6.45) is 0. The van der Waals surface area contributed by atoms with Crippen molar-refractivity contribution < 1.29 is 14.0 Å². The number of carbonyl (C=O) groups is 2. The number of aromatic nitrogens is 1. The molecule has 0 unspecified atom stereocenters. The fourth-order valence-electron chi connectivity index (χ4n) is 2.85. The van der Waals surface area contributed by atoms with Crippen LogP contribution in [0.2, 0.25) is 10.0 Å². The largest absolute Gasteiger partial charge is 0.451 e. The molecule has 0 aliphatic heterocycles. The van der Waals surface area contributed by atoms with E-state index in [9.17, 15) is 9.59 Å². The Bertz CT molecular complexity index is 1370. The molecule has 3 N–H and O–H groups in total. The van der Waals surface area contributed by atoms with Crippen LogP contribution in [0.1, 0.15) is 17.5 Å². The van der Waals surface area contributed by atoms with Gasteiger partial charge in [0.05, 0.1) is 20.3 Å². The molecular formula is C21H14Cl2N4O3S2. The number of amides is 2. The number of anilines is 2. The Kier molecular flexibility index (Phi) is 6.43. The summed E-state index contributed by atoms with van der Waals surface area (Å²) in [6, 6.07) is 13.6. The fraction of sp³-hybridized carbons (Fsp3) is 0.0476. The SMILES string of the molecule is CC(=O)Nc1ccc2nc(NC(=S)NC(=O)c3ccc(-c4cccc(Cl)c4Cl)o3)sc2c1. The molecule has 11 heteroatoms. The second-order valence-electron chi connectivity index (χ2n) is 6.56. The number of hydrogen-bond acceptors (Lipinski definition) is 6. The van der Waals surface area contributed by atoms with Crippen molar-refractivity contribution in [2.45, 2.75) is 6.92 Å². The standard InChI is InChI=1S/C21H14Cl2N4O3S2/c1-10(28)24-11-5-6-14-17(9-11)32-21(25-14)27-20(31)26-19(29)16-8-7-15(30-16)12-3-2-4-13(22)18(12)23/h2-9H,1H3,(H,24,28)(H2,25,26,27,29,31). The summed E-state index contributed by atoms with van der Waals surface area (Å²) in [6.45, 7) is 1.44. The number of carbonyl (C=O) groups excluding carboxylic acids is 2. The predicted octanol–water partition coefficient (Wildman–Crippen LogP) is 5.95. The Hall–Kier alpha value is -2.98. The lowest BCUT2D eigenvalue weighted by Gasteiger charge is -2.05. The summed E-state index contributed by atoms with van der Waals surface area (Å²) in [5.74, 6) is -0.220. The molecule has 4 aromatic rings. The zero-order chi connectivity index (χ0) is 22.8. The molecule has 2 aromatic heterocycles. The number of halogens is 2. The second kappa shape index (κ2) is 9.25. The Balaban J connectivity index is 1.43. The molecule has 2 amide bonds. The molecule has 0 aliphatic rings. The highest BCUT2D eigenvalue weighted by molar-refractivity contribution is 7.80. The van der Waals surface area contributed by atoms with Gasteiger partial charge in [-0.1, -0.05) is 40.6 Å². The van der Waals surface area contributed by atoms with Crippen molar-refractivity contribution in [3.8, 4) is 11.3 Å². The minimum absolute atomic E-state index is 0.0597. The smallest absolute Gasteiger partial charge is 0.293 e. The van der Waals surface area contributed by atoms with Crippen molar-refractivity contribution >= 4 is 84.7 Å². The summed E-state index contributed by atoms with van der Waals surface area (Å²) in [5, 5.41) is 9.45. The van der Waals surface area contributed by atoms with Gasteiger partial charge >= 0.3 is 0 Å². The van der Waals surface area contributed by atoms with Crippen molar-refractivity contribution in [2.75, 3.05) is 10.6 Å². The monoisotopic (exact) mass is 504 g/mol. The zero-order valence-electron chi connectivity index (χ0n) is 16.4. The highest BCUT2D eigenvalue weighted by Gasteiger charge is 2.17. The summed E-state index contributed by atoms with van der Waals surface area (Å²) >= 11 is 18.8. The van der Waals surface area contributed by atoms with Crippen LogP contribution in [0.5, 0.6) is 0 Å². The summed E-state index contributed by atoms with van der Waals surface area (Å²) in [7, 11) is 0. The summed E-state index contributed by atoms with van der Waals surface area (Å²) in [5.41, 5.74) is 1.98. The summed E-state index contributed by atoms with van der Waals surface area (Å²) in [4.78, 5) is 28.2. The van der Waals surface area contributed by atoms with Gasteiger partial charge in [0, 0.05) is 18.2 Å². The fourth-order valence-corrected chi connectivity index (χ4v) is 4.41. The maximum absolute atomic E-state index is 12.5. The predicted molar refractivity (Wildman–Crippen MR) is 132 cm³/mol. The van der Waals surface area contributed by atoms with Gasteiger partial charge in [-0.3, -0.25) is 14.9 Å². The Morgan fingerprint density at radius 3 is 2.69 bits per heavy atom. The number of nitrogens with zero attached hydrogens (tertiary/aromatic N) is 1. The quantitative estimate of drug-likeness (QED) is 0.297. The van der Waals surface area contributed by atoms with E-state index in [0.717, 1.165) is 10.2 Å². The molecule has 0 radical (unpaired) electrons. The normalized spacial score (nSPS) is 10.7. The van der Waals surface area contributed by atoms with Crippen molar-refractivity contribution in [2.24, 2.45) is 0 Å². The van der Waals surface area contributed by atoms with Crippen molar-refractivity contribution in [1.82, 2.24) is 10.3 Å². The molecule has 0 fully saturated rings. The Morgan fingerprint density at radius 1 is 1.09 bits per heavy atom. The van der Waals surface area contributed by atoms with Gasteiger partial charge in [-0.15, -0.1) is 0 Å². The lowest BCUT2D eigenvalue weighted by atomic mass is 10.2. The first-order chi connectivity index (χ1) is 15.3. The molecular weight excluding hydrogens is 491 g/mol. The van der Waals surface area contributed by atoms with Gasteiger partial charge in [0.25, 0.3) is 5.91 Å². The number of thiazole rings is 1. The maximum atomic E-state index is 12.5. The number of benzene rings is 2. The van der Waals surface area contributed by atoms with E-state index >= 15 is 0 Å². The average Bonchev–Trinajstić information content (AvgIpc) is 3.36. The minimum atomic E-state index is -0.527. The third kappa shape index (κ3) is 4.91. The number of nitrogens with one attached hydrogen (secondary N) is 3. The van der Waals surface area contributed by atoms with E-state index in [4.69, 9.17) is 39.8 Å². The van der Waals surface area contributed by atoms with Gasteiger partial charge in [0.1, 0.15) is 5.76 Å². The first kappa shape index (κ1) is 22.2. The lowest BCUT2D eigenvalue weighted by Crippen LogP contribution is -2.33. The van der Waals surface area contributed by atoms with E-state index in [0.29, 0.717) is 32.2 Å². The van der Waals surface area contributed by atoms with Crippen LogP contribution < -0.4 is 16.0 Å². The van der Waals surface area contributed by atoms with Gasteiger partial charge in [-0.2, -0.15) is 0 Å². The third-order valence-electron chi connectivity index (χ3n) is 4.20. The maximum Gasteiger partial charge on any atom is 0.293 e. The number of fused-ring (bicyclic) bond motifs is 1. The number of hydrogen-bond donors (Lipinski definition) is 3. The van der Waals surface area contributed by atoms with E-state index < -0.39 is 5.91 Å². The molecule has 0 spiro atoms. The Labute approximate surface area is 201 Å². The average molecular weight is 505 g/mol. The van der Waals surface area contributed by atoms with Crippen LogP contribution in [0.3, 0.4) is 0 Å². The van der Waals surface area contributed by atoms with Crippen LogP contribution in [0.4, 0.5) is 10.8 Å². The molecule has 0 bridgehead atoms. The van der Waals surface area contributed by atoms with E-state index in [2.05, 4.69) is 20.9 Å². The van der Waals surface area contributed by atoms with E-state index in [-0.39, 0.29) is 16.8 Å². The number of rotatable bonds is 4. The molecule has 2 heterocycles. The topological polar surface area (TPSA) is 96.3 Å². The first-order valence-electron chi connectivity index (χ1n) is 9.15. The van der Waals surface area contributed by atoms with E-state index in [1.165, 1.54) is 24.3 Å². The molecule has 4 rings (SSSR count). The highest BCUT2D eigenvalue weighted by Crippen LogP contribution is 2.34.